The summed E-state index contributed by atoms with van der Waals surface area (Å²) < 4.78 is 52.8. The summed E-state index contributed by atoms with van der Waals surface area (Å²) in [6.45, 7) is 2.62. The second kappa shape index (κ2) is 14.5. The Morgan fingerprint density at radius 2 is 1.76 bits per heavy atom. The highest BCUT2D eigenvalue weighted by Gasteiger charge is 2.27. The van der Waals surface area contributed by atoms with E-state index in [2.05, 4.69) is 15.6 Å². The minimum atomic E-state index is -0.715. The predicted molar refractivity (Wildman–Crippen MR) is 185 cm³/mol. The fraction of sp³-hybridized carbons (Fsp3) is 0.243. The lowest BCUT2D eigenvalue weighted by Gasteiger charge is -2.26. The van der Waals surface area contributed by atoms with Crippen LogP contribution < -0.4 is 30.4 Å². The van der Waals surface area contributed by atoms with Crippen molar-refractivity contribution in [2.45, 2.75) is 6.42 Å². The van der Waals surface area contributed by atoms with E-state index in [4.69, 9.17) is 18.9 Å². The molecule has 0 saturated carbocycles. The number of halogens is 2. The number of carbonyl (C=O) groups is 2. The van der Waals surface area contributed by atoms with Crippen LogP contribution in [0.5, 0.6) is 23.0 Å². The maximum Gasteiger partial charge on any atom is 0.269 e. The SMILES string of the molecule is COc1cc2nccc(Oc3ccc(NCC(=O)c4c5c(cn(-c6ccc(F)cc6)c4=O)CCO5)cc3F)c2cc1NC(=O)CN1CCOCC1. The molecule has 2 aromatic heterocycles. The highest BCUT2D eigenvalue weighted by Crippen LogP contribution is 2.37. The second-order valence-corrected chi connectivity index (χ2v) is 11.9. The number of pyridine rings is 2. The molecule has 2 aliphatic rings. The van der Waals surface area contributed by atoms with Crippen molar-refractivity contribution in [3.05, 3.63) is 106 Å². The second-order valence-electron chi connectivity index (χ2n) is 11.9. The zero-order valence-electron chi connectivity index (χ0n) is 27.5. The number of rotatable bonds is 11. The van der Waals surface area contributed by atoms with Crippen LogP contribution in [0.25, 0.3) is 16.6 Å². The number of hydrogen-bond acceptors (Lipinski definition) is 10. The number of nitrogens with one attached hydrogen (secondary N) is 2. The summed E-state index contributed by atoms with van der Waals surface area (Å²) in [6, 6.07) is 14.4. The van der Waals surface area contributed by atoms with E-state index >= 15 is 4.39 Å². The number of anilines is 2. The van der Waals surface area contributed by atoms with E-state index in [1.165, 1.54) is 60.3 Å². The molecule has 12 nitrogen and oxygen atoms in total. The van der Waals surface area contributed by atoms with Gasteiger partial charge < -0.3 is 29.6 Å². The molecule has 1 amide bonds. The number of aromatic nitrogens is 2. The maximum atomic E-state index is 15.4. The molecule has 51 heavy (non-hydrogen) atoms. The van der Waals surface area contributed by atoms with Crippen LogP contribution in [0.1, 0.15) is 15.9 Å². The van der Waals surface area contributed by atoms with E-state index in [1.54, 1.807) is 24.4 Å². The van der Waals surface area contributed by atoms with Crippen molar-refractivity contribution in [1.29, 1.82) is 0 Å². The van der Waals surface area contributed by atoms with Crippen LogP contribution in [0.15, 0.2) is 77.9 Å². The normalized spacial score (nSPS) is 14.1. The van der Waals surface area contributed by atoms with E-state index in [1.807, 2.05) is 4.90 Å². The van der Waals surface area contributed by atoms with Crippen molar-refractivity contribution in [1.82, 2.24) is 14.5 Å². The van der Waals surface area contributed by atoms with Crippen LogP contribution in [-0.4, -0.2) is 79.3 Å². The predicted octanol–water partition coefficient (Wildman–Crippen LogP) is 4.97. The number of methoxy groups -OCH3 is 1. The Balaban J connectivity index is 1.07. The first-order valence-corrected chi connectivity index (χ1v) is 16.3. The number of morpholine rings is 1. The highest BCUT2D eigenvalue weighted by molar-refractivity contribution is 6.01. The Bertz CT molecular complexity index is 2190. The van der Waals surface area contributed by atoms with Gasteiger partial charge in [0.05, 0.1) is 51.2 Å². The molecule has 7 rings (SSSR count). The fourth-order valence-electron chi connectivity index (χ4n) is 6.04. The molecule has 1 saturated heterocycles. The largest absolute Gasteiger partial charge is 0.494 e. The number of Topliss-reactive ketones (excluding diaryl/α,β-unsaturated/α-hetero) is 1. The first-order chi connectivity index (χ1) is 24.8. The number of carbonyl (C=O) groups excluding carboxylic acids is 2. The smallest absolute Gasteiger partial charge is 0.269 e. The van der Waals surface area contributed by atoms with Gasteiger partial charge in [-0.15, -0.1) is 0 Å². The van der Waals surface area contributed by atoms with Crippen molar-refractivity contribution >= 4 is 34.0 Å². The van der Waals surface area contributed by atoms with Crippen molar-refractivity contribution in [3.63, 3.8) is 0 Å². The van der Waals surface area contributed by atoms with Gasteiger partial charge in [0.2, 0.25) is 5.91 Å². The van der Waals surface area contributed by atoms with Gasteiger partial charge in [-0.05, 0) is 48.5 Å². The fourth-order valence-corrected chi connectivity index (χ4v) is 6.04. The molecule has 0 spiro atoms. The zero-order chi connectivity index (χ0) is 35.5. The van der Waals surface area contributed by atoms with Gasteiger partial charge in [0.15, 0.2) is 17.3 Å². The van der Waals surface area contributed by atoms with Gasteiger partial charge in [-0.25, -0.2) is 8.78 Å². The van der Waals surface area contributed by atoms with Gasteiger partial charge in [-0.1, -0.05) is 0 Å². The van der Waals surface area contributed by atoms with E-state index in [-0.39, 0.29) is 47.5 Å². The third kappa shape index (κ3) is 7.23. The molecule has 4 heterocycles. The van der Waals surface area contributed by atoms with Crippen molar-refractivity contribution in [2.24, 2.45) is 0 Å². The van der Waals surface area contributed by atoms with Crippen LogP contribution in [0.2, 0.25) is 0 Å². The topological polar surface area (TPSA) is 133 Å². The Labute approximate surface area is 290 Å². The van der Waals surface area contributed by atoms with Crippen molar-refractivity contribution in [2.75, 3.05) is 63.7 Å². The maximum absolute atomic E-state index is 15.4. The number of fused-ring (bicyclic) bond motifs is 2. The highest BCUT2D eigenvalue weighted by atomic mass is 19.1. The minimum Gasteiger partial charge on any atom is -0.494 e. The number of benzene rings is 3. The average molecular weight is 698 g/mol. The van der Waals surface area contributed by atoms with E-state index in [0.717, 1.165) is 0 Å². The summed E-state index contributed by atoms with van der Waals surface area (Å²) in [5, 5.41) is 6.29. The Morgan fingerprint density at radius 1 is 0.961 bits per heavy atom. The van der Waals surface area contributed by atoms with Crippen molar-refractivity contribution in [3.8, 4) is 28.7 Å². The molecule has 0 radical (unpaired) electrons. The number of amides is 1. The summed E-state index contributed by atoms with van der Waals surface area (Å²) in [5.74, 6) is -1.13. The van der Waals surface area contributed by atoms with Crippen LogP contribution in [-0.2, 0) is 16.0 Å². The van der Waals surface area contributed by atoms with E-state index in [0.29, 0.717) is 72.9 Å². The molecule has 1 fully saturated rings. The van der Waals surface area contributed by atoms with Crippen LogP contribution in [0.3, 0.4) is 0 Å². The van der Waals surface area contributed by atoms with E-state index in [9.17, 15) is 18.8 Å². The summed E-state index contributed by atoms with van der Waals surface area (Å²) in [7, 11) is 1.49. The summed E-state index contributed by atoms with van der Waals surface area (Å²) in [6.07, 6.45) is 3.62. The molecule has 0 bridgehead atoms. The minimum absolute atomic E-state index is 0.0930. The number of ether oxygens (including phenoxy) is 4. The molecular formula is C37H33F2N5O7. The number of ketones is 1. The quantitative estimate of drug-likeness (QED) is 0.183. The molecule has 0 aliphatic carbocycles. The summed E-state index contributed by atoms with van der Waals surface area (Å²) in [4.78, 5) is 46.1. The Morgan fingerprint density at radius 3 is 2.53 bits per heavy atom. The van der Waals surface area contributed by atoms with Gasteiger partial charge in [0.1, 0.15) is 28.6 Å². The standard InChI is InChI=1S/C37H33F2N5O7/c1-48-33-18-28-26(17-29(33)42-34(46)21-43-11-14-49-15-12-43)31(8-10-40-28)51-32-7-4-24(16-27(32)39)41-19-30(45)35-36-22(9-13-50-36)20-44(37(35)47)25-5-2-23(38)3-6-25/h2-8,10,16-18,20,41H,9,11-15,19,21H2,1H3,(H,42,46). The van der Waals surface area contributed by atoms with Crippen LogP contribution in [0, 0.1) is 11.6 Å². The first kappa shape index (κ1) is 33.6. The Hall–Kier alpha value is -5.86. The monoisotopic (exact) mass is 697 g/mol. The molecule has 2 N–H and O–H groups in total. The summed E-state index contributed by atoms with van der Waals surface area (Å²) >= 11 is 0. The van der Waals surface area contributed by atoms with E-state index < -0.39 is 23.0 Å². The van der Waals surface area contributed by atoms with Crippen LogP contribution in [0.4, 0.5) is 20.2 Å². The van der Waals surface area contributed by atoms with Gasteiger partial charge in [-0.2, -0.15) is 0 Å². The number of hydrogen-bond donors (Lipinski definition) is 2. The zero-order valence-corrected chi connectivity index (χ0v) is 27.5. The molecule has 5 aromatic rings. The molecule has 0 atom stereocenters. The Kier molecular flexibility index (Phi) is 9.59. The van der Waals surface area contributed by atoms with Gasteiger partial charge in [-0.3, -0.25) is 28.8 Å². The molecule has 2 aliphatic heterocycles. The van der Waals surface area contributed by atoms with Gasteiger partial charge in [0.25, 0.3) is 5.56 Å². The van der Waals surface area contributed by atoms with Gasteiger partial charge in [0, 0.05) is 66.4 Å². The molecule has 14 heteroatoms. The third-order valence-electron chi connectivity index (χ3n) is 8.61. The number of nitrogens with zero attached hydrogens (tertiary/aromatic N) is 3. The lowest BCUT2D eigenvalue weighted by molar-refractivity contribution is -0.118. The molecular weight excluding hydrogens is 664 g/mol. The lowest BCUT2D eigenvalue weighted by Crippen LogP contribution is -2.41. The molecule has 262 valence electrons. The lowest BCUT2D eigenvalue weighted by atomic mass is 10.1. The summed E-state index contributed by atoms with van der Waals surface area (Å²) in [5.41, 5.74) is 1.52. The van der Waals surface area contributed by atoms with Gasteiger partial charge >= 0.3 is 0 Å². The van der Waals surface area contributed by atoms with Crippen molar-refractivity contribution < 1.29 is 37.3 Å². The van der Waals surface area contributed by atoms with Crippen LogP contribution >= 0.6 is 0 Å². The molecule has 3 aromatic carbocycles. The average Bonchev–Trinajstić information content (AvgIpc) is 3.60. The first-order valence-electron chi connectivity index (χ1n) is 16.3. The third-order valence-corrected chi connectivity index (χ3v) is 8.61. The molecule has 0 unspecified atom stereocenters.